The Bertz CT molecular complexity index is 570. The Morgan fingerprint density at radius 3 is 2.40 bits per heavy atom. The zero-order chi connectivity index (χ0) is 14.7. The highest BCUT2D eigenvalue weighted by atomic mass is 32.1. The minimum absolute atomic E-state index is 0.0393. The number of thiazole rings is 1. The van der Waals surface area contributed by atoms with Crippen molar-refractivity contribution in [2.45, 2.75) is 46.8 Å². The minimum Gasteiger partial charge on any atom is -0.486 e. The third-order valence-electron chi connectivity index (χ3n) is 3.08. The fourth-order valence-electron chi connectivity index (χ4n) is 2.25. The third-order valence-corrected chi connectivity index (χ3v) is 4.35. The van der Waals surface area contributed by atoms with Crippen LogP contribution in [-0.4, -0.2) is 4.98 Å². The number of rotatable bonds is 5. The molecule has 0 aliphatic heterocycles. The van der Waals surface area contributed by atoms with Gasteiger partial charge in [-0.2, -0.15) is 0 Å². The predicted molar refractivity (Wildman–Crippen MR) is 84.3 cm³/mol. The SMILES string of the molecule is CCc1nc(COc2cc(C)cc(C)c2)sc1C(C)N. The number of aromatic nitrogens is 1. The first kappa shape index (κ1) is 15.0. The molecule has 1 aromatic carbocycles. The van der Waals surface area contributed by atoms with Gasteiger partial charge in [0.1, 0.15) is 17.4 Å². The molecule has 2 N–H and O–H groups in total. The number of ether oxygens (including phenoxy) is 1. The van der Waals surface area contributed by atoms with Crippen molar-refractivity contribution in [3.8, 4) is 5.75 Å². The highest BCUT2D eigenvalue weighted by Gasteiger charge is 2.13. The van der Waals surface area contributed by atoms with Crippen molar-refractivity contribution in [3.63, 3.8) is 0 Å². The van der Waals surface area contributed by atoms with E-state index in [2.05, 4.69) is 31.8 Å². The van der Waals surface area contributed by atoms with E-state index in [9.17, 15) is 0 Å². The molecule has 1 atom stereocenters. The maximum Gasteiger partial charge on any atom is 0.140 e. The van der Waals surface area contributed by atoms with Crippen molar-refractivity contribution < 1.29 is 4.74 Å². The Morgan fingerprint density at radius 2 is 1.90 bits per heavy atom. The normalized spacial score (nSPS) is 12.4. The number of nitrogens with two attached hydrogens (primary N) is 1. The van der Waals surface area contributed by atoms with Crippen molar-refractivity contribution in [3.05, 3.63) is 44.9 Å². The molecule has 0 fully saturated rings. The second kappa shape index (κ2) is 6.37. The number of nitrogens with zero attached hydrogens (tertiary/aromatic N) is 1. The molecule has 0 radical (unpaired) electrons. The Labute approximate surface area is 124 Å². The van der Waals surface area contributed by atoms with Crippen LogP contribution in [0.3, 0.4) is 0 Å². The number of hydrogen-bond acceptors (Lipinski definition) is 4. The van der Waals surface area contributed by atoms with Gasteiger partial charge in [0.25, 0.3) is 0 Å². The average molecular weight is 290 g/mol. The van der Waals surface area contributed by atoms with Crippen molar-refractivity contribution in [1.82, 2.24) is 4.98 Å². The largest absolute Gasteiger partial charge is 0.486 e. The first-order valence-electron chi connectivity index (χ1n) is 6.94. The molecule has 0 saturated carbocycles. The second-order valence-electron chi connectivity index (χ2n) is 5.17. The predicted octanol–water partition coefficient (Wildman–Crippen LogP) is 3.92. The third kappa shape index (κ3) is 3.58. The summed E-state index contributed by atoms with van der Waals surface area (Å²) in [5, 5.41) is 0.994. The van der Waals surface area contributed by atoms with Crippen LogP contribution in [0.5, 0.6) is 5.75 Å². The summed E-state index contributed by atoms with van der Waals surface area (Å²) < 4.78 is 5.85. The lowest BCUT2D eigenvalue weighted by Crippen LogP contribution is -2.05. The molecule has 0 aliphatic rings. The van der Waals surface area contributed by atoms with Gasteiger partial charge in [0.05, 0.1) is 5.69 Å². The Hall–Kier alpha value is -1.39. The fourth-order valence-corrected chi connectivity index (χ4v) is 3.27. The van der Waals surface area contributed by atoms with Crippen LogP contribution in [-0.2, 0) is 13.0 Å². The van der Waals surface area contributed by atoms with Crippen LogP contribution in [0.25, 0.3) is 0 Å². The van der Waals surface area contributed by atoms with Gasteiger partial charge in [-0.05, 0) is 50.5 Å². The molecule has 2 rings (SSSR count). The molecule has 2 aromatic rings. The topological polar surface area (TPSA) is 48.1 Å². The molecule has 4 heteroatoms. The standard InChI is InChI=1S/C16H22N2OS/c1-5-14-16(12(4)17)20-15(18-14)9-19-13-7-10(2)6-11(3)8-13/h6-8,12H,5,9,17H2,1-4H3. The van der Waals surface area contributed by atoms with Crippen LogP contribution in [0, 0.1) is 13.8 Å². The van der Waals surface area contributed by atoms with Gasteiger partial charge < -0.3 is 10.5 Å². The smallest absolute Gasteiger partial charge is 0.140 e. The molecule has 20 heavy (non-hydrogen) atoms. The molecule has 0 aliphatic carbocycles. The van der Waals surface area contributed by atoms with Gasteiger partial charge in [0.2, 0.25) is 0 Å². The van der Waals surface area contributed by atoms with Crippen LogP contribution in [0.2, 0.25) is 0 Å². The number of benzene rings is 1. The van der Waals surface area contributed by atoms with Gasteiger partial charge in [-0.1, -0.05) is 13.0 Å². The van der Waals surface area contributed by atoms with E-state index in [1.807, 2.05) is 19.1 Å². The van der Waals surface area contributed by atoms with E-state index in [-0.39, 0.29) is 6.04 Å². The van der Waals surface area contributed by atoms with Crippen LogP contribution in [0.15, 0.2) is 18.2 Å². The first-order chi connectivity index (χ1) is 9.49. The summed E-state index contributed by atoms with van der Waals surface area (Å²) in [6, 6.07) is 6.28. The Morgan fingerprint density at radius 1 is 1.25 bits per heavy atom. The first-order valence-corrected chi connectivity index (χ1v) is 7.76. The van der Waals surface area contributed by atoms with Gasteiger partial charge in [0, 0.05) is 10.9 Å². The summed E-state index contributed by atoms with van der Waals surface area (Å²) in [5.41, 5.74) is 9.51. The highest BCUT2D eigenvalue weighted by Crippen LogP contribution is 2.26. The Kier molecular flexibility index (Phi) is 4.78. The molecule has 3 nitrogen and oxygen atoms in total. The lowest BCUT2D eigenvalue weighted by atomic mass is 10.1. The van der Waals surface area contributed by atoms with Crippen molar-refractivity contribution in [1.29, 1.82) is 0 Å². The van der Waals surface area contributed by atoms with Crippen LogP contribution < -0.4 is 10.5 Å². The molecule has 1 heterocycles. The van der Waals surface area contributed by atoms with Gasteiger partial charge in [-0.25, -0.2) is 4.98 Å². The van der Waals surface area contributed by atoms with E-state index in [1.165, 1.54) is 16.0 Å². The van der Waals surface area contributed by atoms with E-state index in [0.29, 0.717) is 6.61 Å². The lowest BCUT2D eigenvalue weighted by Gasteiger charge is -2.06. The maximum absolute atomic E-state index is 5.98. The monoisotopic (exact) mass is 290 g/mol. The lowest BCUT2D eigenvalue weighted by molar-refractivity contribution is 0.305. The van der Waals surface area contributed by atoms with E-state index in [0.717, 1.165) is 22.9 Å². The van der Waals surface area contributed by atoms with E-state index in [4.69, 9.17) is 10.5 Å². The summed E-state index contributed by atoms with van der Waals surface area (Å²) in [6.45, 7) is 8.77. The second-order valence-corrected chi connectivity index (χ2v) is 6.29. The zero-order valence-corrected chi connectivity index (χ0v) is 13.4. The molecular weight excluding hydrogens is 268 g/mol. The highest BCUT2D eigenvalue weighted by molar-refractivity contribution is 7.11. The maximum atomic E-state index is 5.98. The van der Waals surface area contributed by atoms with Crippen LogP contribution in [0.1, 0.15) is 46.6 Å². The summed E-state index contributed by atoms with van der Waals surface area (Å²) >= 11 is 1.66. The molecule has 108 valence electrons. The molecular formula is C16H22N2OS. The van der Waals surface area contributed by atoms with Gasteiger partial charge >= 0.3 is 0 Å². The summed E-state index contributed by atoms with van der Waals surface area (Å²) in [7, 11) is 0. The zero-order valence-electron chi connectivity index (χ0n) is 12.6. The Balaban J connectivity index is 2.10. The molecule has 1 aromatic heterocycles. The van der Waals surface area contributed by atoms with Gasteiger partial charge in [-0.15, -0.1) is 11.3 Å². The van der Waals surface area contributed by atoms with E-state index < -0.39 is 0 Å². The van der Waals surface area contributed by atoms with Gasteiger partial charge in [0.15, 0.2) is 0 Å². The number of aryl methyl sites for hydroxylation is 3. The van der Waals surface area contributed by atoms with Crippen molar-refractivity contribution >= 4 is 11.3 Å². The summed E-state index contributed by atoms with van der Waals surface area (Å²) in [4.78, 5) is 5.80. The molecule has 1 unspecified atom stereocenters. The summed E-state index contributed by atoms with van der Waals surface area (Å²) in [5.74, 6) is 0.901. The molecule has 0 bridgehead atoms. The van der Waals surface area contributed by atoms with Crippen LogP contribution in [0.4, 0.5) is 0 Å². The van der Waals surface area contributed by atoms with E-state index >= 15 is 0 Å². The average Bonchev–Trinajstić information content (AvgIpc) is 2.78. The van der Waals surface area contributed by atoms with Crippen LogP contribution >= 0.6 is 11.3 Å². The summed E-state index contributed by atoms with van der Waals surface area (Å²) in [6.07, 6.45) is 0.914. The van der Waals surface area contributed by atoms with Crippen molar-refractivity contribution in [2.75, 3.05) is 0 Å². The molecule has 0 saturated heterocycles. The van der Waals surface area contributed by atoms with E-state index in [1.54, 1.807) is 11.3 Å². The van der Waals surface area contributed by atoms with Crippen molar-refractivity contribution in [2.24, 2.45) is 5.73 Å². The van der Waals surface area contributed by atoms with Gasteiger partial charge in [-0.3, -0.25) is 0 Å². The minimum atomic E-state index is 0.0393. The fraction of sp³-hybridized carbons (Fsp3) is 0.438. The molecule has 0 amide bonds. The number of hydrogen-bond donors (Lipinski definition) is 1. The quantitative estimate of drug-likeness (QED) is 0.908. The molecule has 0 spiro atoms.